The zero-order chi connectivity index (χ0) is 11.2. The fourth-order valence-electron chi connectivity index (χ4n) is 1.09. The molecule has 0 aromatic rings. The Morgan fingerprint density at radius 3 is 2.43 bits per heavy atom. The highest BCUT2D eigenvalue weighted by molar-refractivity contribution is 5.75. The van der Waals surface area contributed by atoms with Gasteiger partial charge >= 0.3 is 5.97 Å². The zero-order valence-electron chi connectivity index (χ0n) is 9.67. The van der Waals surface area contributed by atoms with Gasteiger partial charge in [-0.2, -0.15) is 0 Å². The van der Waals surface area contributed by atoms with Crippen LogP contribution in [0.2, 0.25) is 0 Å². The monoisotopic (exact) mass is 202 g/mol. The molecule has 3 nitrogen and oxygen atoms in total. The van der Waals surface area contributed by atoms with Gasteiger partial charge in [0.15, 0.2) is 0 Å². The van der Waals surface area contributed by atoms with E-state index in [1.54, 1.807) is 0 Å². The van der Waals surface area contributed by atoms with Crippen LogP contribution >= 0.6 is 0 Å². The minimum absolute atomic E-state index is 0.101. The highest BCUT2D eigenvalue weighted by Gasteiger charge is 2.28. The van der Waals surface area contributed by atoms with Gasteiger partial charge in [0.25, 0.3) is 0 Å². The van der Waals surface area contributed by atoms with E-state index in [0.717, 1.165) is 12.8 Å². The molecule has 0 saturated heterocycles. The Hall–Kier alpha value is -0.570. The third-order valence-corrected chi connectivity index (χ3v) is 2.22. The van der Waals surface area contributed by atoms with Crippen LogP contribution in [0.25, 0.3) is 0 Å². The third-order valence-electron chi connectivity index (χ3n) is 2.22. The summed E-state index contributed by atoms with van der Waals surface area (Å²) in [4.78, 5) is 11.5. The molecule has 0 amide bonds. The van der Waals surface area contributed by atoms with Crippen molar-refractivity contribution in [3.8, 4) is 0 Å². The molecule has 14 heavy (non-hydrogen) atoms. The average molecular weight is 202 g/mol. The molecule has 0 spiro atoms. The first-order valence-electron chi connectivity index (χ1n) is 5.18. The van der Waals surface area contributed by atoms with E-state index in [-0.39, 0.29) is 19.2 Å². The topological polar surface area (TPSA) is 46.5 Å². The first-order valence-corrected chi connectivity index (χ1v) is 5.18. The van der Waals surface area contributed by atoms with Crippen LogP contribution < -0.4 is 0 Å². The molecule has 0 heterocycles. The van der Waals surface area contributed by atoms with Crippen LogP contribution in [0.4, 0.5) is 0 Å². The molecule has 0 rings (SSSR count). The van der Waals surface area contributed by atoms with Crippen LogP contribution in [0, 0.1) is 11.3 Å². The van der Waals surface area contributed by atoms with Crippen molar-refractivity contribution >= 4 is 5.97 Å². The molecule has 0 aliphatic heterocycles. The number of hydrogen-bond acceptors (Lipinski definition) is 3. The van der Waals surface area contributed by atoms with E-state index < -0.39 is 5.41 Å². The lowest BCUT2D eigenvalue weighted by molar-refractivity contribution is -0.155. The van der Waals surface area contributed by atoms with Crippen LogP contribution in [0.15, 0.2) is 0 Å². The van der Waals surface area contributed by atoms with E-state index in [0.29, 0.717) is 5.92 Å². The summed E-state index contributed by atoms with van der Waals surface area (Å²) in [5.41, 5.74) is -0.431. The summed E-state index contributed by atoms with van der Waals surface area (Å²) in [6, 6.07) is 0. The molecule has 84 valence electrons. The largest absolute Gasteiger partial charge is 0.463 e. The first kappa shape index (κ1) is 13.4. The van der Waals surface area contributed by atoms with Gasteiger partial charge in [-0.15, -0.1) is 0 Å². The van der Waals surface area contributed by atoms with E-state index >= 15 is 0 Å². The summed E-state index contributed by atoms with van der Waals surface area (Å²) in [6.07, 6.45) is 1.84. The lowest BCUT2D eigenvalue weighted by Gasteiger charge is -2.23. The SMILES string of the molecule is CC(C)CCC(C)(C)C(=O)OCCO. The van der Waals surface area contributed by atoms with Crippen molar-refractivity contribution in [3.05, 3.63) is 0 Å². The number of esters is 1. The van der Waals surface area contributed by atoms with Gasteiger partial charge in [0.2, 0.25) is 0 Å². The van der Waals surface area contributed by atoms with Gasteiger partial charge in [-0.3, -0.25) is 4.79 Å². The van der Waals surface area contributed by atoms with Gasteiger partial charge in [0.05, 0.1) is 12.0 Å². The minimum Gasteiger partial charge on any atom is -0.463 e. The molecule has 0 bridgehead atoms. The predicted molar refractivity (Wildman–Crippen MR) is 55.9 cm³/mol. The molecule has 0 aliphatic rings. The lowest BCUT2D eigenvalue weighted by atomic mass is 9.85. The van der Waals surface area contributed by atoms with Gasteiger partial charge in [-0.05, 0) is 32.6 Å². The number of carbonyl (C=O) groups is 1. The van der Waals surface area contributed by atoms with E-state index in [2.05, 4.69) is 13.8 Å². The second-order valence-corrected chi connectivity index (χ2v) is 4.68. The number of ether oxygens (including phenoxy) is 1. The van der Waals surface area contributed by atoms with Gasteiger partial charge in [0, 0.05) is 0 Å². The molecule has 3 heteroatoms. The predicted octanol–water partition coefficient (Wildman–Crippen LogP) is 1.98. The second kappa shape index (κ2) is 6.02. The maximum atomic E-state index is 11.5. The zero-order valence-corrected chi connectivity index (χ0v) is 9.67. The third kappa shape index (κ3) is 5.22. The number of carbonyl (C=O) groups excluding carboxylic acids is 1. The summed E-state index contributed by atoms with van der Waals surface area (Å²) in [6.45, 7) is 8.03. The standard InChI is InChI=1S/C11H22O3/c1-9(2)5-6-11(3,4)10(13)14-8-7-12/h9,12H,5-8H2,1-4H3. The number of aliphatic hydroxyl groups excluding tert-OH is 1. The Bertz CT molecular complexity index is 173. The van der Waals surface area contributed by atoms with Gasteiger partial charge < -0.3 is 9.84 Å². The number of hydrogen-bond donors (Lipinski definition) is 1. The van der Waals surface area contributed by atoms with E-state index in [4.69, 9.17) is 9.84 Å². The minimum atomic E-state index is -0.431. The number of rotatable bonds is 6. The molecule has 0 aliphatic carbocycles. The Balaban J connectivity index is 3.96. The molecule has 1 N–H and O–H groups in total. The molecule has 0 atom stereocenters. The summed E-state index contributed by atoms with van der Waals surface area (Å²) in [7, 11) is 0. The molecule has 0 unspecified atom stereocenters. The maximum absolute atomic E-state index is 11.5. The van der Waals surface area contributed by atoms with Crippen LogP contribution in [0.3, 0.4) is 0 Å². The van der Waals surface area contributed by atoms with Gasteiger partial charge in [-0.25, -0.2) is 0 Å². The van der Waals surface area contributed by atoms with Crippen molar-refractivity contribution in [1.29, 1.82) is 0 Å². The fraction of sp³-hybridized carbons (Fsp3) is 0.909. The van der Waals surface area contributed by atoms with Crippen LogP contribution in [-0.2, 0) is 9.53 Å². The highest BCUT2D eigenvalue weighted by Crippen LogP contribution is 2.26. The highest BCUT2D eigenvalue weighted by atomic mass is 16.5. The van der Waals surface area contributed by atoms with Crippen LogP contribution in [0.5, 0.6) is 0 Å². The van der Waals surface area contributed by atoms with Gasteiger partial charge in [-0.1, -0.05) is 13.8 Å². The Morgan fingerprint density at radius 2 is 2.00 bits per heavy atom. The van der Waals surface area contributed by atoms with Crippen molar-refractivity contribution in [2.24, 2.45) is 11.3 Å². The fourth-order valence-corrected chi connectivity index (χ4v) is 1.09. The van der Waals surface area contributed by atoms with E-state index in [9.17, 15) is 4.79 Å². The van der Waals surface area contributed by atoms with Crippen molar-refractivity contribution in [2.45, 2.75) is 40.5 Å². The Kier molecular flexibility index (Phi) is 5.77. The number of aliphatic hydroxyl groups is 1. The molecular weight excluding hydrogens is 180 g/mol. The average Bonchev–Trinajstić information content (AvgIpc) is 2.11. The van der Waals surface area contributed by atoms with E-state index in [1.165, 1.54) is 0 Å². The Morgan fingerprint density at radius 1 is 1.43 bits per heavy atom. The molecule has 0 aromatic carbocycles. The lowest BCUT2D eigenvalue weighted by Crippen LogP contribution is -2.28. The molecule has 0 saturated carbocycles. The summed E-state index contributed by atoms with van der Waals surface area (Å²) in [5, 5.41) is 8.52. The Labute approximate surface area is 86.5 Å². The molecule has 0 aromatic heterocycles. The summed E-state index contributed by atoms with van der Waals surface area (Å²) in [5.74, 6) is 0.382. The van der Waals surface area contributed by atoms with Crippen molar-refractivity contribution in [3.63, 3.8) is 0 Å². The molecular formula is C11H22O3. The quantitative estimate of drug-likeness (QED) is 0.670. The normalized spacial score (nSPS) is 11.9. The van der Waals surface area contributed by atoms with Crippen molar-refractivity contribution in [2.75, 3.05) is 13.2 Å². The summed E-state index contributed by atoms with van der Waals surface area (Å²) >= 11 is 0. The smallest absolute Gasteiger partial charge is 0.311 e. The summed E-state index contributed by atoms with van der Waals surface area (Å²) < 4.78 is 4.90. The second-order valence-electron chi connectivity index (χ2n) is 4.68. The maximum Gasteiger partial charge on any atom is 0.311 e. The van der Waals surface area contributed by atoms with Crippen LogP contribution in [0.1, 0.15) is 40.5 Å². The van der Waals surface area contributed by atoms with Crippen molar-refractivity contribution in [1.82, 2.24) is 0 Å². The van der Waals surface area contributed by atoms with Crippen molar-refractivity contribution < 1.29 is 14.6 Å². The van der Waals surface area contributed by atoms with Gasteiger partial charge in [0.1, 0.15) is 6.61 Å². The van der Waals surface area contributed by atoms with Crippen LogP contribution in [-0.4, -0.2) is 24.3 Å². The molecule has 0 fully saturated rings. The molecule has 0 radical (unpaired) electrons. The first-order chi connectivity index (χ1) is 6.40. The van der Waals surface area contributed by atoms with E-state index in [1.807, 2.05) is 13.8 Å².